The molecule has 1 spiro atoms. The average molecular weight is 390 g/mol. The third-order valence-electron chi connectivity index (χ3n) is 5.42. The van der Waals surface area contributed by atoms with E-state index in [-0.39, 0.29) is 30.2 Å². The molecule has 2 atom stereocenters. The molecular formula is C18H29Cl2N3O2. The highest BCUT2D eigenvalue weighted by molar-refractivity contribution is 5.86. The molecule has 3 rings (SSSR count). The Hall–Kier alpha value is -0.880. The fourth-order valence-electron chi connectivity index (χ4n) is 4.10. The Labute approximate surface area is 162 Å². The van der Waals surface area contributed by atoms with Gasteiger partial charge in [0, 0.05) is 45.5 Å². The monoisotopic (exact) mass is 389 g/mol. The SMILES string of the molecule is COCCN1CC[C@]2(CN(Cc3cccc(C)n3)C[C@H]2C)C1=O.Cl.Cl. The van der Waals surface area contributed by atoms with Gasteiger partial charge in [-0.05, 0) is 31.4 Å². The van der Waals surface area contributed by atoms with Crippen LogP contribution in [0.15, 0.2) is 18.2 Å². The molecule has 0 bridgehead atoms. The lowest BCUT2D eigenvalue weighted by Gasteiger charge is -2.26. The number of aryl methyl sites for hydroxylation is 1. The molecule has 25 heavy (non-hydrogen) atoms. The number of hydrogen-bond acceptors (Lipinski definition) is 4. The fourth-order valence-corrected chi connectivity index (χ4v) is 4.10. The summed E-state index contributed by atoms with van der Waals surface area (Å²) in [4.78, 5) is 21.9. The van der Waals surface area contributed by atoms with Crippen molar-refractivity contribution in [2.75, 3.05) is 39.9 Å². The van der Waals surface area contributed by atoms with Gasteiger partial charge >= 0.3 is 0 Å². The molecule has 0 N–H and O–H groups in total. The summed E-state index contributed by atoms with van der Waals surface area (Å²) in [7, 11) is 1.69. The highest BCUT2D eigenvalue weighted by Gasteiger charge is 2.54. The van der Waals surface area contributed by atoms with Crippen LogP contribution in [0.4, 0.5) is 0 Å². The maximum Gasteiger partial charge on any atom is 0.230 e. The van der Waals surface area contributed by atoms with Crippen LogP contribution in [0.25, 0.3) is 0 Å². The molecule has 0 unspecified atom stereocenters. The van der Waals surface area contributed by atoms with Crippen molar-refractivity contribution >= 4 is 30.7 Å². The lowest BCUT2D eigenvalue weighted by Crippen LogP contribution is -2.40. The van der Waals surface area contributed by atoms with E-state index >= 15 is 0 Å². The molecule has 1 aromatic rings. The Morgan fingerprint density at radius 1 is 1.36 bits per heavy atom. The van der Waals surface area contributed by atoms with E-state index in [4.69, 9.17) is 4.74 Å². The molecule has 5 nitrogen and oxygen atoms in total. The van der Waals surface area contributed by atoms with Gasteiger partial charge in [0.25, 0.3) is 0 Å². The fraction of sp³-hybridized carbons (Fsp3) is 0.667. The summed E-state index contributed by atoms with van der Waals surface area (Å²) >= 11 is 0. The van der Waals surface area contributed by atoms with E-state index in [0.29, 0.717) is 25.0 Å². The highest BCUT2D eigenvalue weighted by atomic mass is 35.5. The van der Waals surface area contributed by atoms with Gasteiger partial charge in [-0.1, -0.05) is 13.0 Å². The van der Waals surface area contributed by atoms with E-state index in [1.165, 1.54) is 0 Å². The normalized spacial score (nSPS) is 26.0. The van der Waals surface area contributed by atoms with Crippen molar-refractivity contribution < 1.29 is 9.53 Å². The molecule has 7 heteroatoms. The molecule has 2 aliphatic heterocycles. The second kappa shape index (κ2) is 9.17. The zero-order valence-corrected chi connectivity index (χ0v) is 16.9. The number of carbonyl (C=O) groups is 1. The second-order valence-corrected chi connectivity index (χ2v) is 7.03. The van der Waals surface area contributed by atoms with E-state index < -0.39 is 0 Å². The standard InChI is InChI=1S/C18H27N3O2.2ClH/c1-14-11-20(12-16-6-4-5-15(2)19-16)13-18(14)7-8-21(17(18)22)9-10-23-3;;/h4-6,14H,7-13H2,1-3H3;2*1H/t14-,18-;;/m1../s1. The summed E-state index contributed by atoms with van der Waals surface area (Å²) in [6.45, 7) is 9.09. The minimum Gasteiger partial charge on any atom is -0.383 e. The Morgan fingerprint density at radius 3 is 2.80 bits per heavy atom. The summed E-state index contributed by atoms with van der Waals surface area (Å²) in [6.07, 6.45) is 0.967. The molecule has 3 heterocycles. The van der Waals surface area contributed by atoms with Gasteiger partial charge in [-0.2, -0.15) is 0 Å². The van der Waals surface area contributed by atoms with Crippen molar-refractivity contribution in [1.29, 1.82) is 0 Å². The molecule has 2 aliphatic rings. The molecule has 0 aromatic carbocycles. The second-order valence-electron chi connectivity index (χ2n) is 7.03. The Morgan fingerprint density at radius 2 is 2.12 bits per heavy atom. The van der Waals surface area contributed by atoms with Gasteiger partial charge < -0.3 is 9.64 Å². The number of ether oxygens (including phenoxy) is 1. The van der Waals surface area contributed by atoms with Crippen LogP contribution < -0.4 is 0 Å². The minimum absolute atomic E-state index is 0. The molecule has 142 valence electrons. The molecule has 0 radical (unpaired) electrons. The number of nitrogens with zero attached hydrogens (tertiary/aromatic N) is 3. The van der Waals surface area contributed by atoms with Crippen LogP contribution in [0.3, 0.4) is 0 Å². The molecule has 1 amide bonds. The zero-order chi connectivity index (χ0) is 16.4. The number of pyridine rings is 1. The summed E-state index contributed by atoms with van der Waals surface area (Å²) in [6, 6.07) is 6.15. The number of amides is 1. The summed E-state index contributed by atoms with van der Waals surface area (Å²) in [5, 5.41) is 0. The van der Waals surface area contributed by atoms with Gasteiger partial charge in [0.1, 0.15) is 0 Å². The number of carbonyl (C=O) groups excluding carboxylic acids is 1. The molecule has 1 aromatic heterocycles. The first kappa shape index (κ1) is 22.2. The molecular weight excluding hydrogens is 361 g/mol. The lowest BCUT2D eigenvalue weighted by molar-refractivity contribution is -0.137. The van der Waals surface area contributed by atoms with Gasteiger partial charge in [0.2, 0.25) is 5.91 Å². The van der Waals surface area contributed by atoms with Gasteiger partial charge in [0.15, 0.2) is 0 Å². The van der Waals surface area contributed by atoms with Crippen LogP contribution in [-0.4, -0.2) is 60.6 Å². The van der Waals surface area contributed by atoms with Gasteiger partial charge in [-0.25, -0.2) is 0 Å². The maximum absolute atomic E-state index is 12.9. The molecule has 0 saturated carbocycles. The Kier molecular flexibility index (Phi) is 8.13. The first-order valence-corrected chi connectivity index (χ1v) is 8.48. The van der Waals surface area contributed by atoms with Crippen molar-refractivity contribution in [3.8, 4) is 0 Å². The van der Waals surface area contributed by atoms with Crippen molar-refractivity contribution in [3.63, 3.8) is 0 Å². The van der Waals surface area contributed by atoms with Crippen LogP contribution in [0.1, 0.15) is 24.7 Å². The predicted molar refractivity (Wildman–Crippen MR) is 103 cm³/mol. The van der Waals surface area contributed by atoms with Crippen LogP contribution in [0, 0.1) is 18.3 Å². The Balaban J connectivity index is 0.00000156. The van der Waals surface area contributed by atoms with E-state index in [1.54, 1.807) is 7.11 Å². The van der Waals surface area contributed by atoms with Crippen LogP contribution in [0.2, 0.25) is 0 Å². The quantitative estimate of drug-likeness (QED) is 0.775. The van der Waals surface area contributed by atoms with E-state index in [0.717, 1.165) is 44.0 Å². The van der Waals surface area contributed by atoms with E-state index in [2.05, 4.69) is 28.9 Å². The number of methoxy groups -OCH3 is 1. The first-order chi connectivity index (χ1) is 11.0. The summed E-state index contributed by atoms with van der Waals surface area (Å²) < 4.78 is 5.13. The summed E-state index contributed by atoms with van der Waals surface area (Å²) in [5.74, 6) is 0.717. The summed E-state index contributed by atoms with van der Waals surface area (Å²) in [5.41, 5.74) is 1.94. The maximum atomic E-state index is 12.9. The van der Waals surface area contributed by atoms with Gasteiger partial charge in [0.05, 0.1) is 17.7 Å². The smallest absolute Gasteiger partial charge is 0.230 e. The topological polar surface area (TPSA) is 45.7 Å². The number of hydrogen-bond donors (Lipinski definition) is 0. The van der Waals surface area contributed by atoms with Gasteiger partial charge in [-0.15, -0.1) is 24.8 Å². The van der Waals surface area contributed by atoms with Crippen LogP contribution >= 0.6 is 24.8 Å². The van der Waals surface area contributed by atoms with Crippen molar-refractivity contribution in [1.82, 2.24) is 14.8 Å². The minimum atomic E-state index is -0.197. The van der Waals surface area contributed by atoms with Crippen LogP contribution in [-0.2, 0) is 16.1 Å². The van der Waals surface area contributed by atoms with Crippen molar-refractivity contribution in [3.05, 3.63) is 29.6 Å². The highest BCUT2D eigenvalue weighted by Crippen LogP contribution is 2.44. The number of halogens is 2. The third kappa shape index (κ3) is 4.45. The van der Waals surface area contributed by atoms with Gasteiger partial charge in [-0.3, -0.25) is 14.7 Å². The van der Waals surface area contributed by atoms with E-state index in [9.17, 15) is 4.79 Å². The van der Waals surface area contributed by atoms with E-state index in [1.807, 2.05) is 17.9 Å². The Bertz CT molecular complexity index is 587. The van der Waals surface area contributed by atoms with Crippen LogP contribution in [0.5, 0.6) is 0 Å². The number of likely N-dealkylation sites (tertiary alicyclic amines) is 2. The third-order valence-corrected chi connectivity index (χ3v) is 5.42. The first-order valence-electron chi connectivity index (χ1n) is 8.48. The lowest BCUT2D eigenvalue weighted by atomic mass is 9.78. The molecule has 2 saturated heterocycles. The van der Waals surface area contributed by atoms with Crippen molar-refractivity contribution in [2.45, 2.75) is 26.8 Å². The zero-order valence-electron chi connectivity index (χ0n) is 15.2. The molecule has 2 fully saturated rings. The molecule has 0 aliphatic carbocycles. The largest absolute Gasteiger partial charge is 0.383 e. The predicted octanol–water partition coefficient (Wildman–Crippen LogP) is 2.55. The average Bonchev–Trinajstić information content (AvgIpc) is 2.99. The van der Waals surface area contributed by atoms with Crippen molar-refractivity contribution in [2.24, 2.45) is 11.3 Å². The number of aromatic nitrogens is 1. The number of rotatable bonds is 5.